The van der Waals surface area contributed by atoms with Crippen LogP contribution in [0.25, 0.3) is 0 Å². The van der Waals surface area contributed by atoms with E-state index in [-0.39, 0.29) is 13.8 Å². The van der Waals surface area contributed by atoms with Gasteiger partial charge in [-0.15, -0.1) is 0 Å². The predicted molar refractivity (Wildman–Crippen MR) is 169 cm³/mol. The predicted octanol–water partition coefficient (Wildman–Crippen LogP) is 2.43. The van der Waals surface area contributed by atoms with Crippen molar-refractivity contribution in [1.82, 2.24) is 10.2 Å². The fourth-order valence-electron chi connectivity index (χ4n) is 4.52. The van der Waals surface area contributed by atoms with Gasteiger partial charge in [0.2, 0.25) is 0 Å². The summed E-state index contributed by atoms with van der Waals surface area (Å²) in [4.78, 5) is 2.14. The molecular weight excluding hydrogens is 494 g/mol. The minimum atomic E-state index is -0.0883. The van der Waals surface area contributed by atoms with E-state index in [2.05, 4.69) is 121 Å². The number of benzene rings is 4. The molecule has 0 aliphatic rings. The maximum absolute atomic E-state index is 6.30. The lowest BCUT2D eigenvalue weighted by molar-refractivity contribution is 0.107. The average molecular weight is 534 g/mol. The minimum Gasteiger partial charge on any atom is -0.426 e. The summed E-state index contributed by atoms with van der Waals surface area (Å²) < 4.78 is 18.6. The molecular formula is C33H40B2N2O3. The summed E-state index contributed by atoms with van der Waals surface area (Å²) in [6.07, 6.45) is 0. The molecule has 7 heteroatoms. The van der Waals surface area contributed by atoms with E-state index >= 15 is 0 Å². The maximum atomic E-state index is 6.30. The average Bonchev–Trinajstić information content (AvgIpc) is 2.99. The molecule has 0 aromatic heterocycles. The lowest BCUT2D eigenvalue weighted by Crippen LogP contribution is -2.46. The van der Waals surface area contributed by atoms with Crippen molar-refractivity contribution < 1.29 is 14.0 Å². The Balaban J connectivity index is 1.33. The van der Waals surface area contributed by atoms with Crippen molar-refractivity contribution in [2.24, 2.45) is 0 Å². The molecule has 0 heterocycles. The van der Waals surface area contributed by atoms with Crippen molar-refractivity contribution >= 4 is 35.7 Å². The highest BCUT2D eigenvalue weighted by atomic mass is 16.5. The summed E-state index contributed by atoms with van der Waals surface area (Å²) in [6.45, 7) is 3.95. The van der Waals surface area contributed by atoms with E-state index in [1.165, 1.54) is 0 Å². The van der Waals surface area contributed by atoms with Gasteiger partial charge in [-0.05, 0) is 54.1 Å². The molecule has 0 radical (unpaired) electrons. The van der Waals surface area contributed by atoms with Gasteiger partial charge in [-0.25, -0.2) is 0 Å². The van der Waals surface area contributed by atoms with Crippen molar-refractivity contribution in [2.75, 3.05) is 47.4 Å². The molecule has 0 saturated carbocycles. The third kappa shape index (κ3) is 9.19. The largest absolute Gasteiger partial charge is 0.426 e. The number of ether oxygens (including phenoxy) is 1. The van der Waals surface area contributed by atoms with Gasteiger partial charge in [-0.2, -0.15) is 0 Å². The molecule has 4 aromatic carbocycles. The normalized spacial score (nSPS) is 11.1. The highest BCUT2D eigenvalue weighted by Crippen LogP contribution is 2.07. The quantitative estimate of drug-likeness (QED) is 0.177. The van der Waals surface area contributed by atoms with Gasteiger partial charge in [0.25, 0.3) is 0 Å². The summed E-state index contributed by atoms with van der Waals surface area (Å²) in [5, 5.41) is 3.15. The number of rotatable bonds is 16. The monoisotopic (exact) mass is 534 g/mol. The Kier molecular flexibility index (Phi) is 12.0. The Labute approximate surface area is 240 Å². The first-order valence-electron chi connectivity index (χ1n) is 14.0. The summed E-state index contributed by atoms with van der Waals surface area (Å²) >= 11 is 0. The molecule has 5 nitrogen and oxygen atoms in total. The van der Waals surface area contributed by atoms with Crippen LogP contribution in [0.4, 0.5) is 0 Å². The zero-order valence-electron chi connectivity index (χ0n) is 24.0. The van der Waals surface area contributed by atoms with Crippen LogP contribution in [0.1, 0.15) is 11.1 Å². The Morgan fingerprint density at radius 2 is 1.00 bits per heavy atom. The number of likely N-dealkylation sites (N-methyl/N-ethyl adjacent to an activating group) is 2. The Hall–Kier alpha value is -3.19. The first kappa shape index (κ1) is 29.8. The first-order chi connectivity index (χ1) is 19.6. The molecule has 0 aliphatic heterocycles. The third-order valence-electron chi connectivity index (χ3n) is 6.77. The molecule has 0 amide bonds. The van der Waals surface area contributed by atoms with Crippen LogP contribution in [0.15, 0.2) is 109 Å². The molecule has 206 valence electrons. The SMILES string of the molecule is CNCCOB(c1ccccc1)c1ccc(COCc2ccc(B(OCCN(C)C)c3ccccc3)cc2)cc1. The number of nitrogens with one attached hydrogen (secondary N) is 1. The second-order valence-electron chi connectivity index (χ2n) is 10.2. The van der Waals surface area contributed by atoms with E-state index < -0.39 is 0 Å². The second kappa shape index (κ2) is 16.2. The fraction of sp³-hybridized carbons (Fsp3) is 0.273. The van der Waals surface area contributed by atoms with Crippen LogP contribution in [0.2, 0.25) is 0 Å². The van der Waals surface area contributed by atoms with Gasteiger partial charge in [0, 0.05) is 26.3 Å². The smallest absolute Gasteiger partial charge is 0.361 e. The van der Waals surface area contributed by atoms with E-state index in [4.69, 9.17) is 14.0 Å². The second-order valence-corrected chi connectivity index (χ2v) is 10.2. The van der Waals surface area contributed by atoms with Gasteiger partial charge in [-0.3, -0.25) is 0 Å². The molecule has 0 atom stereocenters. The summed E-state index contributed by atoms with van der Waals surface area (Å²) in [5.41, 5.74) is 6.89. The molecule has 0 aliphatic carbocycles. The van der Waals surface area contributed by atoms with Gasteiger partial charge in [0.15, 0.2) is 0 Å². The minimum absolute atomic E-state index is 0.0865. The Morgan fingerprint density at radius 1 is 0.575 bits per heavy atom. The van der Waals surface area contributed by atoms with Crippen LogP contribution >= 0.6 is 0 Å². The number of hydrogen-bond acceptors (Lipinski definition) is 5. The molecule has 4 aromatic rings. The van der Waals surface area contributed by atoms with Gasteiger partial charge >= 0.3 is 13.8 Å². The van der Waals surface area contributed by atoms with Crippen molar-refractivity contribution in [2.45, 2.75) is 13.2 Å². The van der Waals surface area contributed by atoms with Crippen molar-refractivity contribution in [1.29, 1.82) is 0 Å². The summed E-state index contributed by atoms with van der Waals surface area (Å²) in [7, 11) is 6.06. The molecule has 0 saturated heterocycles. The van der Waals surface area contributed by atoms with Crippen molar-refractivity contribution in [3.8, 4) is 0 Å². The maximum Gasteiger partial charge on any atom is 0.361 e. The Morgan fingerprint density at radius 3 is 1.43 bits per heavy atom. The van der Waals surface area contributed by atoms with Crippen LogP contribution < -0.4 is 27.2 Å². The van der Waals surface area contributed by atoms with Crippen LogP contribution in [0, 0.1) is 0 Å². The standard InChI is InChI=1S/C33H40B2N2O3/c1-36-22-24-39-34(30-10-6-4-7-11-30)32-18-14-28(15-19-32)26-38-27-29-16-20-33(21-17-29)35(40-25-23-37(2)3)31-12-8-5-9-13-31/h4-21,36H,22-27H2,1-3H3. The molecule has 1 N–H and O–H groups in total. The van der Waals surface area contributed by atoms with E-state index in [0.717, 1.165) is 46.1 Å². The molecule has 40 heavy (non-hydrogen) atoms. The first-order valence-corrected chi connectivity index (χ1v) is 14.0. The lowest BCUT2D eigenvalue weighted by Gasteiger charge is -2.18. The zero-order valence-corrected chi connectivity index (χ0v) is 24.0. The fourth-order valence-corrected chi connectivity index (χ4v) is 4.52. The highest BCUT2D eigenvalue weighted by Gasteiger charge is 2.22. The summed E-state index contributed by atoms with van der Waals surface area (Å²) in [6, 6.07) is 37.9. The van der Waals surface area contributed by atoms with Gasteiger partial charge < -0.3 is 24.3 Å². The number of hydrogen-bond donors (Lipinski definition) is 1. The highest BCUT2D eigenvalue weighted by molar-refractivity contribution is 6.80. The van der Waals surface area contributed by atoms with Crippen molar-refractivity contribution in [3.05, 3.63) is 120 Å². The van der Waals surface area contributed by atoms with Gasteiger partial charge in [-0.1, -0.05) is 109 Å². The van der Waals surface area contributed by atoms with Gasteiger partial charge in [0.1, 0.15) is 0 Å². The van der Waals surface area contributed by atoms with Crippen LogP contribution in [0.5, 0.6) is 0 Å². The molecule has 0 unspecified atom stereocenters. The summed E-state index contributed by atoms with van der Waals surface area (Å²) in [5.74, 6) is 0. The molecule has 0 bridgehead atoms. The number of nitrogens with zero attached hydrogens (tertiary/aromatic N) is 1. The van der Waals surface area contributed by atoms with E-state index in [9.17, 15) is 0 Å². The van der Waals surface area contributed by atoms with Gasteiger partial charge in [0.05, 0.1) is 13.2 Å². The van der Waals surface area contributed by atoms with Crippen LogP contribution in [-0.4, -0.2) is 66.2 Å². The van der Waals surface area contributed by atoms with Crippen LogP contribution in [-0.2, 0) is 27.3 Å². The molecule has 0 spiro atoms. The van der Waals surface area contributed by atoms with E-state index in [1.807, 2.05) is 19.2 Å². The molecule has 4 rings (SSSR count). The topological polar surface area (TPSA) is 43.0 Å². The van der Waals surface area contributed by atoms with Crippen molar-refractivity contribution in [3.63, 3.8) is 0 Å². The zero-order chi connectivity index (χ0) is 28.0. The molecule has 0 fully saturated rings. The van der Waals surface area contributed by atoms with E-state index in [1.54, 1.807) is 0 Å². The van der Waals surface area contributed by atoms with Crippen LogP contribution in [0.3, 0.4) is 0 Å². The van der Waals surface area contributed by atoms with E-state index in [0.29, 0.717) is 26.4 Å². The Bertz CT molecular complexity index is 1240. The lowest BCUT2D eigenvalue weighted by atomic mass is 9.55. The third-order valence-corrected chi connectivity index (χ3v) is 6.77.